The summed E-state index contributed by atoms with van der Waals surface area (Å²) in [5.41, 5.74) is 2.54. The molecule has 1 saturated carbocycles. The number of pyridine rings is 1. The van der Waals surface area contributed by atoms with E-state index in [4.69, 9.17) is 9.72 Å². The molecule has 2 N–H and O–H groups in total. The molecule has 4 heterocycles. The zero-order valence-electron chi connectivity index (χ0n) is 20.4. The molecule has 1 amide bonds. The van der Waals surface area contributed by atoms with Gasteiger partial charge in [0.15, 0.2) is 5.65 Å². The van der Waals surface area contributed by atoms with E-state index in [9.17, 15) is 4.79 Å². The highest BCUT2D eigenvalue weighted by atomic mass is 79.9. The lowest BCUT2D eigenvalue weighted by atomic mass is 10.1. The Morgan fingerprint density at radius 2 is 2.05 bits per heavy atom. The average Bonchev–Trinajstić information content (AvgIpc) is 3.53. The van der Waals surface area contributed by atoms with Crippen molar-refractivity contribution in [2.75, 3.05) is 44.7 Å². The monoisotopic (exact) mass is 564 g/mol. The van der Waals surface area contributed by atoms with E-state index in [1.54, 1.807) is 12.4 Å². The molecule has 0 spiro atoms. The van der Waals surface area contributed by atoms with Gasteiger partial charge in [-0.05, 0) is 59.5 Å². The molecule has 0 bridgehead atoms. The number of hydrogen-bond acceptors (Lipinski definition) is 8. The number of aromatic nitrogens is 5. The number of fused-ring (bicyclic) bond motifs is 2. The third-order valence-electron chi connectivity index (χ3n) is 7.18. The van der Waals surface area contributed by atoms with Crippen LogP contribution in [0.15, 0.2) is 47.3 Å². The van der Waals surface area contributed by atoms with Crippen LogP contribution < -0.4 is 10.6 Å². The molecule has 1 aliphatic carbocycles. The van der Waals surface area contributed by atoms with Gasteiger partial charge in [0.2, 0.25) is 11.9 Å². The van der Waals surface area contributed by atoms with Gasteiger partial charge in [-0.15, -0.1) is 0 Å². The van der Waals surface area contributed by atoms with E-state index >= 15 is 0 Å². The van der Waals surface area contributed by atoms with Crippen LogP contribution in [0.25, 0.3) is 27.6 Å². The predicted molar refractivity (Wildman–Crippen MR) is 145 cm³/mol. The van der Waals surface area contributed by atoms with Crippen LogP contribution in [0.5, 0.6) is 0 Å². The lowest BCUT2D eigenvalue weighted by Gasteiger charge is -2.26. The van der Waals surface area contributed by atoms with Crippen molar-refractivity contribution in [2.45, 2.75) is 25.3 Å². The number of rotatable bonds is 7. The van der Waals surface area contributed by atoms with Crippen LogP contribution in [0.2, 0.25) is 0 Å². The van der Waals surface area contributed by atoms with Crippen molar-refractivity contribution in [1.82, 2.24) is 34.9 Å². The van der Waals surface area contributed by atoms with Gasteiger partial charge in [-0.3, -0.25) is 14.7 Å². The van der Waals surface area contributed by atoms with E-state index in [1.165, 1.54) is 0 Å². The summed E-state index contributed by atoms with van der Waals surface area (Å²) in [6, 6.07) is 10.1. The van der Waals surface area contributed by atoms with Gasteiger partial charge in [-0.2, -0.15) is 10.1 Å². The van der Waals surface area contributed by atoms with Crippen LogP contribution in [0.4, 0.5) is 5.95 Å². The lowest BCUT2D eigenvalue weighted by Crippen LogP contribution is -2.42. The van der Waals surface area contributed by atoms with Crippen LogP contribution in [-0.2, 0) is 9.53 Å². The molecular formula is C26H29BrN8O2. The number of halogens is 1. The second-order valence-corrected chi connectivity index (χ2v) is 10.4. The number of carbonyl (C=O) groups excluding carboxylic acids is 1. The van der Waals surface area contributed by atoms with Crippen molar-refractivity contribution in [3.05, 3.63) is 47.3 Å². The van der Waals surface area contributed by atoms with Crippen molar-refractivity contribution in [2.24, 2.45) is 5.92 Å². The van der Waals surface area contributed by atoms with Gasteiger partial charge in [0.25, 0.3) is 0 Å². The Balaban J connectivity index is 1.11. The first-order chi connectivity index (χ1) is 18.1. The molecule has 6 rings (SSSR count). The van der Waals surface area contributed by atoms with Gasteiger partial charge in [0.05, 0.1) is 29.8 Å². The van der Waals surface area contributed by atoms with Crippen LogP contribution in [-0.4, -0.2) is 81.0 Å². The first kappa shape index (κ1) is 24.2. The van der Waals surface area contributed by atoms with E-state index in [1.807, 2.05) is 28.9 Å². The molecule has 11 heteroatoms. The van der Waals surface area contributed by atoms with E-state index in [0.29, 0.717) is 22.7 Å². The Labute approximate surface area is 222 Å². The average molecular weight is 565 g/mol. The molecule has 4 aromatic rings. The fraction of sp³-hybridized carbons (Fsp3) is 0.423. The maximum Gasteiger partial charge on any atom is 0.224 e. The molecule has 37 heavy (non-hydrogen) atoms. The smallest absolute Gasteiger partial charge is 0.224 e. The summed E-state index contributed by atoms with van der Waals surface area (Å²) in [5.74, 6) is 0.695. The molecule has 2 atom stereocenters. The number of ether oxygens (including phenoxy) is 1. The second kappa shape index (κ2) is 10.7. The van der Waals surface area contributed by atoms with Crippen molar-refractivity contribution < 1.29 is 9.53 Å². The number of nitrogens with one attached hydrogen (secondary N) is 2. The molecule has 0 unspecified atom stereocenters. The number of nitrogens with zero attached hydrogens (tertiary/aromatic N) is 6. The number of hydrogen-bond donors (Lipinski definition) is 2. The fourth-order valence-corrected chi connectivity index (χ4v) is 5.59. The van der Waals surface area contributed by atoms with Crippen LogP contribution >= 0.6 is 15.9 Å². The summed E-state index contributed by atoms with van der Waals surface area (Å²) in [6.45, 7) is 4.96. The largest absolute Gasteiger partial charge is 0.379 e. The van der Waals surface area contributed by atoms with E-state index in [-0.39, 0.29) is 17.9 Å². The molecule has 192 valence electrons. The Hall–Kier alpha value is -3.15. The molecular weight excluding hydrogens is 536 g/mol. The normalized spacial score (nSPS) is 20.5. The number of morpholine rings is 1. The molecule has 10 nitrogen and oxygen atoms in total. The van der Waals surface area contributed by atoms with Crippen LogP contribution in [0, 0.1) is 5.92 Å². The number of benzene rings is 1. The molecule has 1 aliphatic heterocycles. The highest BCUT2D eigenvalue weighted by Gasteiger charge is 2.30. The molecule has 1 saturated heterocycles. The SMILES string of the molecule is O=C(NCCN1CCOCC1)[C@@H]1CC[C@@H](Nc2ncc3c(Br)nn(-c4ccc5ncccc5c4)c3n2)C1. The van der Waals surface area contributed by atoms with E-state index < -0.39 is 0 Å². The van der Waals surface area contributed by atoms with Crippen molar-refractivity contribution in [3.8, 4) is 5.69 Å². The maximum absolute atomic E-state index is 12.7. The van der Waals surface area contributed by atoms with Crippen molar-refractivity contribution in [3.63, 3.8) is 0 Å². The van der Waals surface area contributed by atoms with E-state index in [0.717, 1.165) is 74.1 Å². The predicted octanol–water partition coefficient (Wildman–Crippen LogP) is 3.16. The minimum atomic E-state index is 0.0109. The molecule has 2 aliphatic rings. The Morgan fingerprint density at radius 3 is 2.95 bits per heavy atom. The summed E-state index contributed by atoms with van der Waals surface area (Å²) < 4.78 is 7.89. The molecule has 0 radical (unpaired) electrons. The highest BCUT2D eigenvalue weighted by Crippen LogP contribution is 2.30. The summed E-state index contributed by atoms with van der Waals surface area (Å²) in [5, 5.41) is 13.1. The second-order valence-electron chi connectivity index (χ2n) is 9.61. The Bertz CT molecular complexity index is 1420. The molecule has 2 fully saturated rings. The third kappa shape index (κ3) is 5.29. The van der Waals surface area contributed by atoms with Crippen molar-refractivity contribution in [1.29, 1.82) is 0 Å². The minimum Gasteiger partial charge on any atom is -0.379 e. The van der Waals surface area contributed by atoms with Crippen molar-refractivity contribution >= 4 is 49.7 Å². The Morgan fingerprint density at radius 1 is 1.16 bits per heavy atom. The quantitative estimate of drug-likeness (QED) is 0.352. The summed E-state index contributed by atoms with van der Waals surface area (Å²) in [4.78, 5) is 28.8. The van der Waals surface area contributed by atoms with E-state index in [2.05, 4.69) is 52.6 Å². The maximum atomic E-state index is 12.7. The van der Waals surface area contributed by atoms with Gasteiger partial charge in [0.1, 0.15) is 4.60 Å². The molecule has 1 aromatic carbocycles. The van der Waals surface area contributed by atoms with Gasteiger partial charge >= 0.3 is 0 Å². The number of anilines is 1. The Kier molecular flexibility index (Phi) is 6.99. The molecule has 3 aromatic heterocycles. The van der Waals surface area contributed by atoms with Gasteiger partial charge in [-0.1, -0.05) is 6.07 Å². The van der Waals surface area contributed by atoms with Crippen LogP contribution in [0.1, 0.15) is 19.3 Å². The topological polar surface area (TPSA) is 110 Å². The summed E-state index contributed by atoms with van der Waals surface area (Å²) in [7, 11) is 0. The van der Waals surface area contributed by atoms with Crippen LogP contribution in [0.3, 0.4) is 0 Å². The summed E-state index contributed by atoms with van der Waals surface area (Å²) in [6.07, 6.45) is 6.11. The highest BCUT2D eigenvalue weighted by molar-refractivity contribution is 9.10. The van der Waals surface area contributed by atoms with Gasteiger partial charge in [0, 0.05) is 55.9 Å². The zero-order chi connectivity index (χ0) is 25.2. The first-order valence-corrected chi connectivity index (χ1v) is 13.5. The summed E-state index contributed by atoms with van der Waals surface area (Å²) >= 11 is 3.55. The standard InChI is InChI=1S/C26H29BrN8O2/c27-23-21-16-30-26(32-24(21)35(33-23)20-5-6-22-17(15-20)2-1-7-28-22)31-19-4-3-18(14-19)25(36)29-8-9-34-10-12-37-13-11-34/h1-2,5-7,15-16,18-19H,3-4,8-14H2,(H,29,36)(H,30,31,32)/t18-,19-/m1/s1. The number of carbonyl (C=O) groups is 1. The fourth-order valence-electron chi connectivity index (χ4n) is 5.15. The number of amides is 1. The lowest BCUT2D eigenvalue weighted by molar-refractivity contribution is -0.124. The van der Waals surface area contributed by atoms with Gasteiger partial charge < -0.3 is 15.4 Å². The third-order valence-corrected chi connectivity index (χ3v) is 7.76. The minimum absolute atomic E-state index is 0.0109. The zero-order valence-corrected chi connectivity index (χ0v) is 22.0. The first-order valence-electron chi connectivity index (χ1n) is 12.7. The van der Waals surface area contributed by atoms with Gasteiger partial charge in [-0.25, -0.2) is 9.67 Å².